The lowest BCUT2D eigenvalue weighted by Crippen LogP contribution is -2.39. The average molecular weight is 306 g/mol. The standard InChI is InChI=1S/C15H22N4O3/c1-4-6-19-11(2)12(8-16-19)13(20)18-7-5-15(10-18)9-17(3)14(21)22-15/h8H,4-7,9-10H2,1-3H3/t15-/m0/s1. The first kappa shape index (κ1) is 14.9. The monoisotopic (exact) mass is 306 g/mol. The molecule has 0 saturated carbocycles. The third kappa shape index (κ3) is 2.34. The number of carbonyl (C=O) groups excluding carboxylic acids is 2. The zero-order valence-corrected chi connectivity index (χ0v) is 13.3. The second-order valence-electron chi connectivity index (χ2n) is 6.25. The Morgan fingerprint density at radius 1 is 1.45 bits per heavy atom. The van der Waals surface area contributed by atoms with Gasteiger partial charge in [-0.25, -0.2) is 4.79 Å². The van der Waals surface area contributed by atoms with E-state index in [-0.39, 0.29) is 12.0 Å². The molecule has 2 aliphatic heterocycles. The molecule has 3 rings (SSSR count). The summed E-state index contributed by atoms with van der Waals surface area (Å²) in [5.41, 5.74) is 1.01. The van der Waals surface area contributed by atoms with Crippen LogP contribution in [0, 0.1) is 6.92 Å². The van der Waals surface area contributed by atoms with Crippen LogP contribution in [0.3, 0.4) is 0 Å². The lowest BCUT2D eigenvalue weighted by Gasteiger charge is -2.21. The Hall–Kier alpha value is -2.05. The number of hydrogen-bond donors (Lipinski definition) is 0. The highest BCUT2D eigenvalue weighted by Crippen LogP contribution is 2.32. The van der Waals surface area contributed by atoms with Crippen molar-refractivity contribution in [1.29, 1.82) is 0 Å². The first-order valence-corrected chi connectivity index (χ1v) is 7.71. The molecule has 2 aliphatic rings. The van der Waals surface area contributed by atoms with Crippen LogP contribution >= 0.6 is 0 Å². The number of likely N-dealkylation sites (N-methyl/N-ethyl adjacent to an activating group) is 1. The van der Waals surface area contributed by atoms with E-state index in [1.807, 2.05) is 11.6 Å². The molecule has 0 unspecified atom stereocenters. The van der Waals surface area contributed by atoms with E-state index >= 15 is 0 Å². The van der Waals surface area contributed by atoms with Gasteiger partial charge in [0.05, 0.1) is 24.8 Å². The van der Waals surface area contributed by atoms with E-state index in [9.17, 15) is 9.59 Å². The van der Waals surface area contributed by atoms with Crippen LogP contribution in [-0.4, -0.2) is 63.9 Å². The van der Waals surface area contributed by atoms with E-state index in [1.165, 1.54) is 0 Å². The Labute approximate surface area is 129 Å². The quantitative estimate of drug-likeness (QED) is 0.843. The summed E-state index contributed by atoms with van der Waals surface area (Å²) in [6, 6.07) is 0. The molecule has 120 valence electrons. The van der Waals surface area contributed by atoms with Gasteiger partial charge in [-0.2, -0.15) is 5.10 Å². The summed E-state index contributed by atoms with van der Waals surface area (Å²) in [6.45, 7) is 6.43. The molecule has 22 heavy (non-hydrogen) atoms. The molecule has 0 aromatic carbocycles. The zero-order valence-electron chi connectivity index (χ0n) is 13.3. The lowest BCUT2D eigenvalue weighted by molar-refractivity contribution is 0.0552. The van der Waals surface area contributed by atoms with Crippen LogP contribution < -0.4 is 0 Å². The zero-order chi connectivity index (χ0) is 15.9. The first-order valence-electron chi connectivity index (χ1n) is 7.71. The normalized spacial score (nSPS) is 24.4. The fourth-order valence-electron chi connectivity index (χ4n) is 3.29. The molecule has 0 aliphatic carbocycles. The van der Waals surface area contributed by atoms with Crippen molar-refractivity contribution in [2.75, 3.05) is 26.7 Å². The molecular formula is C15H22N4O3. The van der Waals surface area contributed by atoms with E-state index in [1.54, 1.807) is 23.0 Å². The van der Waals surface area contributed by atoms with E-state index < -0.39 is 5.60 Å². The molecule has 1 atom stereocenters. The van der Waals surface area contributed by atoms with Crippen molar-refractivity contribution >= 4 is 12.0 Å². The summed E-state index contributed by atoms with van der Waals surface area (Å²) in [6.07, 6.45) is 3.01. The van der Waals surface area contributed by atoms with Crippen molar-refractivity contribution in [3.63, 3.8) is 0 Å². The molecule has 0 radical (unpaired) electrons. The molecule has 1 aromatic rings. The molecule has 0 N–H and O–H groups in total. The predicted molar refractivity (Wildman–Crippen MR) is 79.6 cm³/mol. The third-order valence-corrected chi connectivity index (χ3v) is 4.51. The maximum atomic E-state index is 12.7. The van der Waals surface area contributed by atoms with Gasteiger partial charge in [-0.1, -0.05) is 6.92 Å². The van der Waals surface area contributed by atoms with Crippen molar-refractivity contribution in [3.8, 4) is 0 Å². The molecular weight excluding hydrogens is 284 g/mol. The highest BCUT2D eigenvalue weighted by molar-refractivity contribution is 5.95. The van der Waals surface area contributed by atoms with Crippen LogP contribution in [-0.2, 0) is 11.3 Å². The fourth-order valence-corrected chi connectivity index (χ4v) is 3.29. The number of amides is 2. The number of ether oxygens (including phenoxy) is 1. The summed E-state index contributed by atoms with van der Waals surface area (Å²) in [7, 11) is 1.72. The molecule has 3 heterocycles. The Morgan fingerprint density at radius 3 is 2.86 bits per heavy atom. The van der Waals surface area contributed by atoms with Gasteiger partial charge < -0.3 is 14.5 Å². The summed E-state index contributed by atoms with van der Waals surface area (Å²) in [5.74, 6) is -0.0256. The number of aryl methyl sites for hydroxylation is 1. The predicted octanol–water partition coefficient (Wildman–Crippen LogP) is 1.27. The topological polar surface area (TPSA) is 67.7 Å². The molecule has 1 aromatic heterocycles. The van der Waals surface area contributed by atoms with E-state index in [2.05, 4.69) is 12.0 Å². The molecule has 2 fully saturated rings. The van der Waals surface area contributed by atoms with Crippen LogP contribution in [0.5, 0.6) is 0 Å². The lowest BCUT2D eigenvalue weighted by atomic mass is 10.0. The van der Waals surface area contributed by atoms with Gasteiger partial charge in [0, 0.05) is 32.3 Å². The Balaban J connectivity index is 1.73. The Morgan fingerprint density at radius 2 is 2.23 bits per heavy atom. The van der Waals surface area contributed by atoms with Gasteiger partial charge in [-0.05, 0) is 13.3 Å². The number of nitrogens with zero attached hydrogens (tertiary/aromatic N) is 4. The number of hydrogen-bond acceptors (Lipinski definition) is 4. The Kier molecular flexibility index (Phi) is 3.58. The van der Waals surface area contributed by atoms with Crippen LogP contribution in [0.25, 0.3) is 0 Å². The van der Waals surface area contributed by atoms with Crippen molar-refractivity contribution < 1.29 is 14.3 Å². The largest absolute Gasteiger partial charge is 0.439 e. The molecule has 7 nitrogen and oxygen atoms in total. The van der Waals surface area contributed by atoms with Crippen LogP contribution in [0.1, 0.15) is 35.8 Å². The molecule has 2 amide bonds. The highest BCUT2D eigenvalue weighted by atomic mass is 16.6. The summed E-state index contributed by atoms with van der Waals surface area (Å²) in [4.78, 5) is 27.6. The van der Waals surface area contributed by atoms with Gasteiger partial charge in [0.1, 0.15) is 0 Å². The number of aromatic nitrogens is 2. The number of rotatable bonds is 3. The summed E-state index contributed by atoms with van der Waals surface area (Å²) >= 11 is 0. The van der Waals surface area contributed by atoms with E-state index in [0.29, 0.717) is 31.6 Å². The first-order chi connectivity index (χ1) is 10.5. The van der Waals surface area contributed by atoms with Crippen molar-refractivity contribution in [1.82, 2.24) is 19.6 Å². The third-order valence-electron chi connectivity index (χ3n) is 4.51. The van der Waals surface area contributed by atoms with Gasteiger partial charge in [-0.15, -0.1) is 0 Å². The van der Waals surface area contributed by atoms with Gasteiger partial charge in [0.15, 0.2) is 5.60 Å². The van der Waals surface area contributed by atoms with Crippen LogP contribution in [0.4, 0.5) is 4.79 Å². The van der Waals surface area contributed by atoms with Gasteiger partial charge in [0.25, 0.3) is 5.91 Å². The van der Waals surface area contributed by atoms with Gasteiger partial charge in [0.2, 0.25) is 0 Å². The summed E-state index contributed by atoms with van der Waals surface area (Å²) < 4.78 is 7.35. The Bertz CT molecular complexity index is 612. The van der Waals surface area contributed by atoms with Crippen LogP contribution in [0.2, 0.25) is 0 Å². The van der Waals surface area contributed by atoms with E-state index in [0.717, 1.165) is 18.7 Å². The highest BCUT2D eigenvalue weighted by Gasteiger charge is 2.49. The maximum absolute atomic E-state index is 12.7. The molecule has 0 bridgehead atoms. The van der Waals surface area contributed by atoms with Gasteiger partial charge >= 0.3 is 6.09 Å². The smallest absolute Gasteiger partial charge is 0.410 e. The second kappa shape index (κ2) is 5.30. The minimum Gasteiger partial charge on any atom is -0.439 e. The number of likely N-dealkylation sites (tertiary alicyclic amines) is 1. The second-order valence-corrected chi connectivity index (χ2v) is 6.25. The van der Waals surface area contributed by atoms with Gasteiger partial charge in [-0.3, -0.25) is 9.48 Å². The SMILES string of the molecule is CCCn1ncc(C(=O)N2CC[C@]3(CN(C)C(=O)O3)C2)c1C. The molecule has 2 saturated heterocycles. The van der Waals surface area contributed by atoms with E-state index in [4.69, 9.17) is 4.74 Å². The minimum absolute atomic E-state index is 0.0256. The fraction of sp³-hybridized carbons (Fsp3) is 0.667. The average Bonchev–Trinajstić information content (AvgIpc) is 3.12. The summed E-state index contributed by atoms with van der Waals surface area (Å²) in [5, 5.41) is 4.29. The van der Waals surface area contributed by atoms with Crippen molar-refractivity contribution in [2.45, 2.75) is 38.8 Å². The van der Waals surface area contributed by atoms with Crippen molar-refractivity contribution in [3.05, 3.63) is 17.5 Å². The van der Waals surface area contributed by atoms with Crippen molar-refractivity contribution in [2.24, 2.45) is 0 Å². The number of carbonyl (C=O) groups is 2. The molecule has 1 spiro atoms. The van der Waals surface area contributed by atoms with Crippen LogP contribution in [0.15, 0.2) is 6.20 Å². The minimum atomic E-state index is -0.533. The molecule has 7 heteroatoms. The maximum Gasteiger partial charge on any atom is 0.410 e.